The molecular weight excluding hydrogens is 203 g/mol. The standard InChI is InChI=1S/C5H11O7P/c6-1-3(7)5(8)4-2-11-13(9,10)12-4/h3-8H,1-2H2,(H,9,10). The van der Waals surface area contributed by atoms with Crippen molar-refractivity contribution >= 4 is 7.82 Å². The van der Waals surface area contributed by atoms with Crippen molar-refractivity contribution in [1.29, 1.82) is 0 Å². The molecule has 78 valence electrons. The van der Waals surface area contributed by atoms with Gasteiger partial charge >= 0.3 is 7.82 Å². The third-order valence-electron chi connectivity index (χ3n) is 1.63. The van der Waals surface area contributed by atoms with E-state index in [1.807, 2.05) is 0 Å². The average molecular weight is 214 g/mol. The van der Waals surface area contributed by atoms with Crippen molar-refractivity contribution in [2.24, 2.45) is 0 Å². The third kappa shape index (κ3) is 2.72. The minimum Gasteiger partial charge on any atom is -0.394 e. The van der Waals surface area contributed by atoms with Crippen molar-refractivity contribution in [3.8, 4) is 0 Å². The fourth-order valence-electron chi connectivity index (χ4n) is 0.916. The Hall–Kier alpha value is -0.0100. The van der Waals surface area contributed by atoms with Crippen LogP contribution in [0.15, 0.2) is 0 Å². The van der Waals surface area contributed by atoms with Crippen LogP contribution in [-0.2, 0) is 13.6 Å². The molecule has 4 unspecified atom stereocenters. The number of aliphatic hydroxyl groups is 3. The molecule has 0 bridgehead atoms. The van der Waals surface area contributed by atoms with E-state index in [1.54, 1.807) is 0 Å². The quantitative estimate of drug-likeness (QED) is 0.410. The highest BCUT2D eigenvalue weighted by atomic mass is 31.2. The van der Waals surface area contributed by atoms with Crippen LogP contribution in [-0.4, -0.2) is 51.7 Å². The van der Waals surface area contributed by atoms with Crippen LogP contribution in [0.5, 0.6) is 0 Å². The molecule has 1 heterocycles. The van der Waals surface area contributed by atoms with E-state index in [4.69, 9.17) is 15.1 Å². The highest BCUT2D eigenvalue weighted by Gasteiger charge is 2.41. The van der Waals surface area contributed by atoms with Crippen molar-refractivity contribution in [1.82, 2.24) is 0 Å². The lowest BCUT2D eigenvalue weighted by Gasteiger charge is -2.19. The highest BCUT2D eigenvalue weighted by molar-refractivity contribution is 7.47. The minimum atomic E-state index is -4.06. The molecule has 4 atom stereocenters. The lowest BCUT2D eigenvalue weighted by Crippen LogP contribution is -2.40. The summed E-state index contributed by atoms with van der Waals surface area (Å²) in [6.45, 7) is -0.942. The van der Waals surface area contributed by atoms with Crippen molar-refractivity contribution in [3.63, 3.8) is 0 Å². The number of rotatable bonds is 3. The Kier molecular flexibility index (Phi) is 3.42. The molecule has 0 saturated carbocycles. The van der Waals surface area contributed by atoms with Gasteiger partial charge in [-0.25, -0.2) is 4.57 Å². The van der Waals surface area contributed by atoms with E-state index in [0.717, 1.165) is 0 Å². The predicted molar refractivity (Wildman–Crippen MR) is 39.7 cm³/mol. The maximum atomic E-state index is 10.7. The van der Waals surface area contributed by atoms with E-state index in [-0.39, 0.29) is 6.61 Å². The monoisotopic (exact) mass is 214 g/mol. The van der Waals surface area contributed by atoms with Crippen LogP contribution in [0.3, 0.4) is 0 Å². The van der Waals surface area contributed by atoms with E-state index in [1.165, 1.54) is 0 Å². The summed E-state index contributed by atoms with van der Waals surface area (Å²) in [6, 6.07) is 0. The van der Waals surface area contributed by atoms with Crippen LogP contribution in [0.25, 0.3) is 0 Å². The third-order valence-corrected chi connectivity index (χ3v) is 2.65. The van der Waals surface area contributed by atoms with Gasteiger partial charge in [0.15, 0.2) is 0 Å². The number of hydrogen-bond donors (Lipinski definition) is 4. The molecule has 1 aliphatic rings. The Labute approximate surface area is 74.1 Å². The molecule has 1 saturated heterocycles. The molecule has 0 amide bonds. The summed E-state index contributed by atoms with van der Waals surface area (Å²) >= 11 is 0. The smallest absolute Gasteiger partial charge is 0.394 e. The van der Waals surface area contributed by atoms with Crippen LogP contribution in [0.2, 0.25) is 0 Å². The first-order valence-corrected chi connectivity index (χ1v) is 5.08. The maximum absolute atomic E-state index is 10.7. The number of hydrogen-bond acceptors (Lipinski definition) is 6. The summed E-state index contributed by atoms with van der Waals surface area (Å²) in [5, 5.41) is 26.6. The second kappa shape index (κ2) is 4.02. The summed E-state index contributed by atoms with van der Waals surface area (Å²) in [6.07, 6.45) is -3.93. The van der Waals surface area contributed by atoms with Gasteiger partial charge in [0.05, 0.1) is 13.2 Å². The van der Waals surface area contributed by atoms with Crippen LogP contribution in [0.1, 0.15) is 0 Å². The van der Waals surface area contributed by atoms with E-state index in [2.05, 4.69) is 9.05 Å². The normalized spacial score (nSPS) is 38.9. The van der Waals surface area contributed by atoms with Gasteiger partial charge in [0, 0.05) is 0 Å². The second-order valence-electron chi connectivity index (χ2n) is 2.65. The molecule has 13 heavy (non-hydrogen) atoms. The van der Waals surface area contributed by atoms with Gasteiger partial charge in [-0.2, -0.15) is 0 Å². The summed E-state index contributed by atoms with van der Waals surface area (Å²) < 4.78 is 19.4. The SMILES string of the molecule is O=P1(O)OCC(C(O)C(O)CO)O1. The van der Waals surface area contributed by atoms with Crippen molar-refractivity contribution in [2.75, 3.05) is 13.2 Å². The van der Waals surface area contributed by atoms with Gasteiger partial charge in [-0.3, -0.25) is 9.05 Å². The molecule has 1 fully saturated rings. The fraction of sp³-hybridized carbons (Fsp3) is 1.00. The molecule has 8 heteroatoms. The second-order valence-corrected chi connectivity index (χ2v) is 4.05. The van der Waals surface area contributed by atoms with Crippen LogP contribution in [0, 0.1) is 0 Å². The predicted octanol–water partition coefficient (Wildman–Crippen LogP) is -1.78. The van der Waals surface area contributed by atoms with Gasteiger partial charge in [-0.1, -0.05) is 0 Å². The molecule has 0 aliphatic carbocycles. The minimum absolute atomic E-state index is 0.286. The number of aliphatic hydroxyl groups excluding tert-OH is 3. The topological polar surface area (TPSA) is 116 Å². The van der Waals surface area contributed by atoms with Crippen LogP contribution < -0.4 is 0 Å². The molecule has 0 spiro atoms. The van der Waals surface area contributed by atoms with Gasteiger partial charge in [-0.05, 0) is 0 Å². The van der Waals surface area contributed by atoms with Crippen molar-refractivity contribution in [2.45, 2.75) is 18.3 Å². The zero-order valence-electron chi connectivity index (χ0n) is 6.61. The van der Waals surface area contributed by atoms with E-state index >= 15 is 0 Å². The zero-order chi connectivity index (χ0) is 10.1. The first kappa shape index (κ1) is 11.1. The van der Waals surface area contributed by atoms with Crippen molar-refractivity contribution < 1.29 is 33.8 Å². The lowest BCUT2D eigenvalue weighted by atomic mass is 10.1. The summed E-state index contributed by atoms with van der Waals surface area (Å²) in [7, 11) is -4.06. The number of phosphoric acid groups is 1. The first-order valence-electron chi connectivity index (χ1n) is 3.59. The van der Waals surface area contributed by atoms with Crippen molar-refractivity contribution in [3.05, 3.63) is 0 Å². The maximum Gasteiger partial charge on any atom is 0.472 e. The Bertz CT molecular complexity index is 219. The van der Waals surface area contributed by atoms with E-state index in [0.29, 0.717) is 0 Å². The van der Waals surface area contributed by atoms with E-state index < -0.39 is 32.7 Å². The van der Waals surface area contributed by atoms with Gasteiger partial charge in [0.2, 0.25) is 0 Å². The Balaban J connectivity index is 2.51. The molecule has 4 N–H and O–H groups in total. The zero-order valence-corrected chi connectivity index (χ0v) is 7.50. The Morgan fingerprint density at radius 3 is 2.54 bits per heavy atom. The van der Waals surface area contributed by atoms with E-state index in [9.17, 15) is 9.67 Å². The molecule has 0 aromatic heterocycles. The van der Waals surface area contributed by atoms with Gasteiger partial charge in [0.25, 0.3) is 0 Å². The van der Waals surface area contributed by atoms with Gasteiger partial charge in [-0.15, -0.1) is 0 Å². The summed E-state index contributed by atoms with van der Waals surface area (Å²) in [5.41, 5.74) is 0. The lowest BCUT2D eigenvalue weighted by molar-refractivity contribution is -0.0631. The van der Waals surface area contributed by atoms with Crippen LogP contribution >= 0.6 is 7.82 Å². The molecule has 1 aliphatic heterocycles. The number of phosphoric ester groups is 1. The fourth-order valence-corrected chi connectivity index (χ4v) is 1.84. The molecule has 0 radical (unpaired) electrons. The summed E-state index contributed by atoms with van der Waals surface area (Å²) in [5.74, 6) is 0. The van der Waals surface area contributed by atoms with Gasteiger partial charge in [0.1, 0.15) is 18.3 Å². The molecule has 0 aromatic rings. The molecule has 0 aromatic carbocycles. The molecular formula is C5H11O7P. The Morgan fingerprint density at radius 2 is 2.15 bits per heavy atom. The van der Waals surface area contributed by atoms with Crippen LogP contribution in [0.4, 0.5) is 0 Å². The Morgan fingerprint density at radius 1 is 1.54 bits per heavy atom. The first-order chi connectivity index (χ1) is 5.96. The largest absolute Gasteiger partial charge is 0.472 e. The molecule has 1 rings (SSSR count). The average Bonchev–Trinajstić information content (AvgIpc) is 2.43. The molecule has 7 nitrogen and oxygen atoms in total. The summed E-state index contributed by atoms with van der Waals surface area (Å²) in [4.78, 5) is 8.72. The van der Waals surface area contributed by atoms with Gasteiger partial charge < -0.3 is 20.2 Å². The highest BCUT2D eigenvalue weighted by Crippen LogP contribution is 2.50.